The summed E-state index contributed by atoms with van der Waals surface area (Å²) in [5, 5.41) is 2.17. The Morgan fingerprint density at radius 2 is 1.10 bits per heavy atom. The van der Waals surface area contributed by atoms with Gasteiger partial charge in [0.1, 0.15) is 22.7 Å². The minimum atomic E-state index is -0.595. The predicted octanol–water partition coefficient (Wildman–Crippen LogP) is 14.0. The van der Waals surface area contributed by atoms with Crippen LogP contribution in [0.1, 0.15) is 66.8 Å². The van der Waals surface area contributed by atoms with E-state index in [4.69, 9.17) is 24.1 Å². The molecular weight excluding hydrogens is 759 g/mol. The van der Waals surface area contributed by atoms with E-state index in [2.05, 4.69) is 153 Å². The maximum atomic E-state index is 6.78. The molecule has 3 heterocycles. The molecule has 298 valence electrons. The van der Waals surface area contributed by atoms with Crippen LogP contribution < -0.4 is 4.74 Å². The van der Waals surface area contributed by atoms with Crippen molar-refractivity contribution in [3.63, 3.8) is 0 Å². The molecule has 2 bridgehead atoms. The summed E-state index contributed by atoms with van der Waals surface area (Å²) in [4.78, 5) is 15.9. The van der Waals surface area contributed by atoms with Crippen LogP contribution in [-0.2, 0) is 10.8 Å². The van der Waals surface area contributed by atoms with E-state index in [0.717, 1.165) is 84.9 Å². The SMILES string of the molecule is CC1(c2ccc(-c3nc(-c4ccc5c(c4)C4(c6ccccc6O5)c5ccccc5-c5ccccc54)nc(-c4ccc5c(c4)oc4ccccc45)n3)cc2)CC2C[C@@H]3C[C@H](CC23)C1. The molecule has 5 heteroatoms. The summed E-state index contributed by atoms with van der Waals surface area (Å²) >= 11 is 0. The molecule has 3 fully saturated rings. The van der Waals surface area contributed by atoms with E-state index in [1.54, 1.807) is 0 Å². The summed E-state index contributed by atoms with van der Waals surface area (Å²) in [5.74, 6) is 7.29. The van der Waals surface area contributed by atoms with E-state index in [1.165, 1.54) is 59.9 Å². The van der Waals surface area contributed by atoms with Crippen molar-refractivity contribution in [3.05, 3.63) is 186 Å². The third kappa shape index (κ3) is 4.82. The minimum absolute atomic E-state index is 0.197. The number of rotatable bonds is 4. The van der Waals surface area contributed by atoms with Gasteiger partial charge in [-0.1, -0.05) is 122 Å². The van der Waals surface area contributed by atoms with E-state index in [9.17, 15) is 0 Å². The predicted molar refractivity (Wildman–Crippen MR) is 245 cm³/mol. The summed E-state index contributed by atoms with van der Waals surface area (Å²) in [6.07, 6.45) is 6.92. The van der Waals surface area contributed by atoms with Gasteiger partial charge in [-0.05, 0) is 131 Å². The summed E-state index contributed by atoms with van der Waals surface area (Å²) in [5.41, 5.74) is 12.7. The van der Waals surface area contributed by atoms with Gasteiger partial charge in [0, 0.05) is 38.6 Å². The number of benzene rings is 7. The molecule has 1 aliphatic heterocycles. The van der Waals surface area contributed by atoms with Crippen molar-refractivity contribution in [2.45, 2.75) is 49.9 Å². The highest BCUT2D eigenvalue weighted by atomic mass is 16.5. The zero-order valence-electron chi connectivity index (χ0n) is 34.5. The molecule has 7 aromatic carbocycles. The first kappa shape index (κ1) is 34.8. The lowest BCUT2D eigenvalue weighted by Crippen LogP contribution is -2.38. The first-order valence-electron chi connectivity index (χ1n) is 22.4. The van der Waals surface area contributed by atoms with E-state index < -0.39 is 5.41 Å². The van der Waals surface area contributed by atoms with Crippen LogP contribution in [-0.4, -0.2) is 15.0 Å². The molecule has 0 amide bonds. The van der Waals surface area contributed by atoms with Gasteiger partial charge in [-0.2, -0.15) is 0 Å². The summed E-state index contributed by atoms with van der Waals surface area (Å²) in [7, 11) is 0. The number of fused-ring (bicyclic) bond motifs is 13. The monoisotopic (exact) mass is 801 g/mol. The minimum Gasteiger partial charge on any atom is -0.457 e. The van der Waals surface area contributed by atoms with Crippen molar-refractivity contribution in [2.24, 2.45) is 23.7 Å². The maximum absolute atomic E-state index is 6.78. The molecular formula is C57H43N3O2. The smallest absolute Gasteiger partial charge is 0.164 e. The molecule has 3 saturated carbocycles. The normalized spacial score (nSPS) is 23.2. The van der Waals surface area contributed by atoms with E-state index in [-0.39, 0.29) is 5.41 Å². The number of furan rings is 1. The van der Waals surface area contributed by atoms with Gasteiger partial charge in [0.15, 0.2) is 17.5 Å². The Balaban J connectivity index is 0.942. The first-order valence-corrected chi connectivity index (χ1v) is 22.4. The van der Waals surface area contributed by atoms with Crippen LogP contribution in [0.15, 0.2) is 162 Å². The number of hydrogen-bond donors (Lipinski definition) is 0. The molecule has 9 aromatic rings. The molecule has 5 atom stereocenters. The molecule has 0 saturated heterocycles. The van der Waals surface area contributed by atoms with Crippen molar-refractivity contribution in [1.82, 2.24) is 15.0 Å². The number of ether oxygens (including phenoxy) is 1. The molecule has 0 radical (unpaired) electrons. The topological polar surface area (TPSA) is 61.0 Å². The van der Waals surface area contributed by atoms with Crippen LogP contribution in [0.25, 0.3) is 67.2 Å². The summed E-state index contributed by atoms with van der Waals surface area (Å²) < 4.78 is 13.2. The van der Waals surface area contributed by atoms with Crippen molar-refractivity contribution < 1.29 is 9.15 Å². The number of para-hydroxylation sites is 2. The van der Waals surface area contributed by atoms with Crippen LogP contribution in [0, 0.1) is 23.7 Å². The van der Waals surface area contributed by atoms with E-state index in [0.29, 0.717) is 17.5 Å². The van der Waals surface area contributed by atoms with Gasteiger partial charge in [0.25, 0.3) is 0 Å². The van der Waals surface area contributed by atoms with Crippen LogP contribution in [0.5, 0.6) is 11.5 Å². The van der Waals surface area contributed by atoms with Crippen LogP contribution >= 0.6 is 0 Å². The maximum Gasteiger partial charge on any atom is 0.164 e. The molecule has 2 aromatic heterocycles. The molecule has 3 unspecified atom stereocenters. The summed E-state index contributed by atoms with van der Waals surface area (Å²) in [6.45, 7) is 2.52. The van der Waals surface area contributed by atoms with E-state index >= 15 is 0 Å². The molecule has 62 heavy (non-hydrogen) atoms. The first-order chi connectivity index (χ1) is 30.5. The third-order valence-electron chi connectivity index (χ3n) is 15.7. The number of nitrogens with zero attached hydrogens (tertiary/aromatic N) is 3. The average Bonchev–Trinajstić information content (AvgIpc) is 3.92. The molecule has 14 rings (SSSR count). The van der Waals surface area contributed by atoms with Crippen molar-refractivity contribution in [2.75, 3.05) is 0 Å². The highest BCUT2D eigenvalue weighted by Crippen LogP contribution is 2.64. The third-order valence-corrected chi connectivity index (χ3v) is 15.7. The fraction of sp³-hybridized carbons (Fsp3) is 0.211. The number of aromatic nitrogens is 3. The molecule has 5 aliphatic rings. The van der Waals surface area contributed by atoms with Gasteiger partial charge in [-0.25, -0.2) is 15.0 Å². The molecule has 1 spiro atoms. The van der Waals surface area contributed by atoms with Crippen molar-refractivity contribution in [3.8, 4) is 56.8 Å². The van der Waals surface area contributed by atoms with E-state index in [1.807, 2.05) is 12.1 Å². The molecule has 4 aliphatic carbocycles. The quantitative estimate of drug-likeness (QED) is 0.177. The fourth-order valence-corrected chi connectivity index (χ4v) is 13.1. The second-order valence-corrected chi connectivity index (χ2v) is 19.1. The lowest BCUT2D eigenvalue weighted by atomic mass is 9.59. The van der Waals surface area contributed by atoms with Gasteiger partial charge in [-0.3, -0.25) is 0 Å². The molecule has 5 nitrogen and oxygen atoms in total. The van der Waals surface area contributed by atoms with Crippen molar-refractivity contribution >= 4 is 21.9 Å². The Morgan fingerprint density at radius 1 is 0.484 bits per heavy atom. The summed E-state index contributed by atoms with van der Waals surface area (Å²) in [6, 6.07) is 56.4. The highest BCUT2D eigenvalue weighted by Gasteiger charge is 2.54. The second kappa shape index (κ2) is 12.6. The Morgan fingerprint density at radius 3 is 1.89 bits per heavy atom. The largest absolute Gasteiger partial charge is 0.457 e. The Labute approximate surface area is 360 Å². The molecule has 0 N–H and O–H groups in total. The second-order valence-electron chi connectivity index (χ2n) is 19.1. The van der Waals surface area contributed by atoms with Crippen LogP contribution in [0.4, 0.5) is 0 Å². The lowest BCUT2D eigenvalue weighted by molar-refractivity contribution is 0.0700. The Hall–Kier alpha value is -6.85. The number of hydrogen-bond acceptors (Lipinski definition) is 5. The van der Waals surface area contributed by atoms with Gasteiger partial charge in [-0.15, -0.1) is 0 Å². The highest BCUT2D eigenvalue weighted by molar-refractivity contribution is 6.05. The fourth-order valence-electron chi connectivity index (χ4n) is 13.1. The van der Waals surface area contributed by atoms with Gasteiger partial charge in [0.05, 0.1) is 5.41 Å². The zero-order chi connectivity index (χ0) is 40.7. The lowest BCUT2D eigenvalue weighted by Gasteiger charge is -2.46. The van der Waals surface area contributed by atoms with Gasteiger partial charge in [0.2, 0.25) is 0 Å². The van der Waals surface area contributed by atoms with Crippen LogP contribution in [0.3, 0.4) is 0 Å². The van der Waals surface area contributed by atoms with Crippen LogP contribution in [0.2, 0.25) is 0 Å². The zero-order valence-corrected chi connectivity index (χ0v) is 34.5. The van der Waals surface area contributed by atoms with Gasteiger partial charge < -0.3 is 9.15 Å². The Kier molecular flexibility index (Phi) is 7.08. The van der Waals surface area contributed by atoms with Gasteiger partial charge >= 0.3 is 0 Å². The average molecular weight is 802 g/mol. The Bertz CT molecular complexity index is 3280. The van der Waals surface area contributed by atoms with Crippen molar-refractivity contribution in [1.29, 1.82) is 0 Å². The standard InChI is InChI=1S/C57H43N3O2/c1-56(31-33-26-37-28-38(32-56)44(37)27-33)39-22-18-34(19-23-39)53-58-54(60-55(59-53)36-20-24-43-42-12-4-8-16-49(42)61-52(43)30-36)35-21-25-51-48(29-35)57(47-15-7-9-17-50(47)62-51)45-13-5-2-10-40(45)41-11-3-6-14-46(41)57/h2-25,29-30,33,37-38,44H,26-28,31-32H2,1H3/t33-,37+,38?,44?,56?/m1/s1.